The Morgan fingerprint density at radius 1 is 1.15 bits per heavy atom. The first kappa shape index (κ1) is 17.0. The molecule has 1 heterocycles. The average Bonchev–Trinajstić information content (AvgIpc) is 2.43. The zero-order valence-electron chi connectivity index (χ0n) is 13.3. The first-order valence-electron chi connectivity index (χ1n) is 8.05. The summed E-state index contributed by atoms with van der Waals surface area (Å²) in [4.78, 5) is 4.31. The van der Waals surface area contributed by atoms with Gasteiger partial charge in [-0.15, -0.1) is 0 Å². The minimum Gasteiger partial charge on any atom is -0.475 e. The van der Waals surface area contributed by atoms with Gasteiger partial charge in [-0.3, -0.25) is 0 Å². The summed E-state index contributed by atoms with van der Waals surface area (Å²) in [7, 11) is 0. The molecule has 0 spiro atoms. The van der Waals surface area contributed by atoms with Gasteiger partial charge in [-0.25, -0.2) is 4.98 Å². The molecule has 0 aromatic carbocycles. The lowest BCUT2D eigenvalue weighted by Crippen LogP contribution is -2.17. The molecular formula is C17H30N2O. The van der Waals surface area contributed by atoms with Crippen LogP contribution < -0.4 is 10.1 Å². The van der Waals surface area contributed by atoms with Crippen LogP contribution in [0.1, 0.15) is 64.9 Å². The SMILES string of the molecule is CCCCCCCCNCc1cccnc1OC(C)C. The topological polar surface area (TPSA) is 34.2 Å². The lowest BCUT2D eigenvalue weighted by Gasteiger charge is -2.13. The third kappa shape index (κ3) is 7.49. The molecule has 1 N–H and O–H groups in total. The molecule has 0 bridgehead atoms. The fourth-order valence-corrected chi connectivity index (χ4v) is 2.14. The molecule has 114 valence electrons. The van der Waals surface area contributed by atoms with Crippen LogP contribution in [-0.2, 0) is 6.54 Å². The summed E-state index contributed by atoms with van der Waals surface area (Å²) in [6, 6.07) is 4.05. The van der Waals surface area contributed by atoms with Crippen LogP contribution in [0.4, 0.5) is 0 Å². The van der Waals surface area contributed by atoms with Crippen LogP contribution in [0.25, 0.3) is 0 Å². The molecule has 1 rings (SSSR count). The Morgan fingerprint density at radius 2 is 1.90 bits per heavy atom. The molecular weight excluding hydrogens is 248 g/mol. The predicted molar refractivity (Wildman–Crippen MR) is 85.1 cm³/mol. The van der Waals surface area contributed by atoms with E-state index >= 15 is 0 Å². The number of ether oxygens (including phenoxy) is 1. The van der Waals surface area contributed by atoms with E-state index in [9.17, 15) is 0 Å². The number of unbranched alkanes of at least 4 members (excludes halogenated alkanes) is 5. The van der Waals surface area contributed by atoms with Gasteiger partial charge in [0.05, 0.1) is 6.10 Å². The van der Waals surface area contributed by atoms with E-state index in [2.05, 4.69) is 23.3 Å². The molecule has 0 saturated heterocycles. The molecule has 0 atom stereocenters. The maximum Gasteiger partial charge on any atom is 0.218 e. The summed E-state index contributed by atoms with van der Waals surface area (Å²) >= 11 is 0. The Bertz CT molecular complexity index is 353. The molecule has 3 nitrogen and oxygen atoms in total. The van der Waals surface area contributed by atoms with Gasteiger partial charge in [0.1, 0.15) is 0 Å². The fourth-order valence-electron chi connectivity index (χ4n) is 2.14. The molecule has 0 saturated carbocycles. The van der Waals surface area contributed by atoms with Gasteiger partial charge in [-0.1, -0.05) is 45.1 Å². The van der Waals surface area contributed by atoms with Crippen molar-refractivity contribution >= 4 is 0 Å². The number of nitrogens with one attached hydrogen (secondary N) is 1. The van der Waals surface area contributed by atoms with Crippen LogP contribution in [0.5, 0.6) is 5.88 Å². The molecule has 0 aliphatic rings. The summed E-state index contributed by atoms with van der Waals surface area (Å²) in [5.74, 6) is 0.762. The van der Waals surface area contributed by atoms with Gasteiger partial charge in [0.25, 0.3) is 0 Å². The fraction of sp³-hybridized carbons (Fsp3) is 0.706. The standard InChI is InChI=1S/C17H30N2O/c1-4-5-6-7-8-9-12-18-14-16-11-10-13-19-17(16)20-15(2)3/h10-11,13,15,18H,4-9,12,14H2,1-3H3. The van der Waals surface area contributed by atoms with E-state index in [-0.39, 0.29) is 6.10 Å². The van der Waals surface area contributed by atoms with Crippen LogP contribution in [0.15, 0.2) is 18.3 Å². The highest BCUT2D eigenvalue weighted by Gasteiger charge is 2.05. The third-order valence-electron chi connectivity index (χ3n) is 3.22. The number of pyridine rings is 1. The molecule has 20 heavy (non-hydrogen) atoms. The Balaban J connectivity index is 2.18. The van der Waals surface area contributed by atoms with E-state index in [1.54, 1.807) is 6.20 Å². The quantitative estimate of drug-likeness (QED) is 0.612. The Morgan fingerprint density at radius 3 is 2.65 bits per heavy atom. The largest absolute Gasteiger partial charge is 0.475 e. The molecule has 0 aliphatic heterocycles. The van der Waals surface area contributed by atoms with Crippen molar-refractivity contribution in [3.05, 3.63) is 23.9 Å². The molecule has 0 fully saturated rings. The summed E-state index contributed by atoms with van der Waals surface area (Å²) in [6.45, 7) is 8.23. The predicted octanol–water partition coefficient (Wildman–Crippen LogP) is 4.32. The van der Waals surface area contributed by atoms with Crippen molar-refractivity contribution in [1.29, 1.82) is 0 Å². The van der Waals surface area contributed by atoms with Crippen molar-refractivity contribution in [2.75, 3.05) is 6.54 Å². The zero-order chi connectivity index (χ0) is 14.6. The first-order valence-corrected chi connectivity index (χ1v) is 8.05. The van der Waals surface area contributed by atoms with E-state index in [0.29, 0.717) is 0 Å². The normalized spacial score (nSPS) is 11.0. The van der Waals surface area contributed by atoms with E-state index < -0.39 is 0 Å². The smallest absolute Gasteiger partial charge is 0.218 e. The number of hydrogen-bond acceptors (Lipinski definition) is 3. The van der Waals surface area contributed by atoms with Gasteiger partial charge in [0.2, 0.25) is 5.88 Å². The number of aromatic nitrogens is 1. The highest BCUT2D eigenvalue weighted by atomic mass is 16.5. The van der Waals surface area contributed by atoms with Gasteiger partial charge in [0.15, 0.2) is 0 Å². The number of hydrogen-bond donors (Lipinski definition) is 1. The minimum absolute atomic E-state index is 0.169. The van der Waals surface area contributed by atoms with Crippen LogP contribution in [0.3, 0.4) is 0 Å². The van der Waals surface area contributed by atoms with E-state index in [4.69, 9.17) is 4.74 Å². The second kappa shape index (κ2) is 10.7. The minimum atomic E-state index is 0.169. The molecule has 0 radical (unpaired) electrons. The van der Waals surface area contributed by atoms with Crippen molar-refractivity contribution in [3.63, 3.8) is 0 Å². The molecule has 3 heteroatoms. The summed E-state index contributed by atoms with van der Waals surface area (Å²) in [5.41, 5.74) is 1.15. The average molecular weight is 278 g/mol. The van der Waals surface area contributed by atoms with Crippen LogP contribution in [-0.4, -0.2) is 17.6 Å². The maximum absolute atomic E-state index is 5.72. The van der Waals surface area contributed by atoms with Crippen molar-refractivity contribution in [1.82, 2.24) is 10.3 Å². The number of nitrogens with zero attached hydrogens (tertiary/aromatic N) is 1. The van der Waals surface area contributed by atoms with Crippen LogP contribution in [0, 0.1) is 0 Å². The Labute approximate surface area is 124 Å². The zero-order valence-corrected chi connectivity index (χ0v) is 13.3. The summed E-state index contributed by atoms with van der Waals surface area (Å²) in [5, 5.41) is 3.49. The molecule has 0 aliphatic carbocycles. The van der Waals surface area contributed by atoms with Gasteiger partial charge in [0, 0.05) is 18.3 Å². The number of rotatable bonds is 11. The monoisotopic (exact) mass is 278 g/mol. The lowest BCUT2D eigenvalue weighted by atomic mass is 10.1. The third-order valence-corrected chi connectivity index (χ3v) is 3.22. The maximum atomic E-state index is 5.72. The Hall–Kier alpha value is -1.09. The first-order chi connectivity index (χ1) is 9.74. The van der Waals surface area contributed by atoms with Gasteiger partial charge >= 0.3 is 0 Å². The second-order valence-electron chi connectivity index (χ2n) is 5.58. The molecule has 0 amide bonds. The molecule has 1 aromatic heterocycles. The van der Waals surface area contributed by atoms with E-state index in [1.807, 2.05) is 19.9 Å². The summed E-state index contributed by atoms with van der Waals surface area (Å²) in [6.07, 6.45) is 9.98. The second-order valence-corrected chi connectivity index (χ2v) is 5.58. The summed E-state index contributed by atoms with van der Waals surface area (Å²) < 4.78 is 5.72. The molecule has 1 aromatic rings. The van der Waals surface area contributed by atoms with Crippen molar-refractivity contribution in [3.8, 4) is 5.88 Å². The van der Waals surface area contributed by atoms with Gasteiger partial charge < -0.3 is 10.1 Å². The van der Waals surface area contributed by atoms with Crippen molar-refractivity contribution in [2.45, 2.75) is 71.9 Å². The highest BCUT2D eigenvalue weighted by Crippen LogP contribution is 2.15. The van der Waals surface area contributed by atoms with Gasteiger partial charge in [-0.05, 0) is 32.9 Å². The van der Waals surface area contributed by atoms with Gasteiger partial charge in [-0.2, -0.15) is 0 Å². The van der Waals surface area contributed by atoms with Crippen molar-refractivity contribution < 1.29 is 4.74 Å². The van der Waals surface area contributed by atoms with Crippen molar-refractivity contribution in [2.24, 2.45) is 0 Å². The van der Waals surface area contributed by atoms with Crippen LogP contribution >= 0.6 is 0 Å². The van der Waals surface area contributed by atoms with E-state index in [1.165, 1.54) is 38.5 Å². The van der Waals surface area contributed by atoms with Crippen LogP contribution in [0.2, 0.25) is 0 Å². The molecule has 0 unspecified atom stereocenters. The highest BCUT2D eigenvalue weighted by molar-refractivity contribution is 5.25. The van der Waals surface area contributed by atoms with E-state index in [0.717, 1.165) is 24.5 Å². The lowest BCUT2D eigenvalue weighted by molar-refractivity contribution is 0.229. The Kier molecular flexibility index (Phi) is 9.05.